The van der Waals surface area contributed by atoms with Crippen LogP contribution in [0.15, 0.2) is 24.4 Å². The van der Waals surface area contributed by atoms with Crippen LogP contribution in [-0.4, -0.2) is 61.6 Å². The molecule has 5 rings (SSSR count). The molecule has 2 fully saturated rings. The van der Waals surface area contributed by atoms with Crippen molar-refractivity contribution in [1.82, 2.24) is 30.1 Å². The van der Waals surface area contributed by atoms with E-state index in [1.807, 2.05) is 24.4 Å². The third kappa shape index (κ3) is 3.97. The minimum atomic E-state index is -0.604. The fourth-order valence-electron chi connectivity index (χ4n) is 4.71. The normalized spacial score (nSPS) is 22.4. The number of aromatic nitrogens is 3. The van der Waals surface area contributed by atoms with Gasteiger partial charge in [0.05, 0.1) is 17.6 Å². The molecular formula is C22H26N6O3. The van der Waals surface area contributed by atoms with Crippen LogP contribution in [0, 0.1) is 0 Å². The summed E-state index contributed by atoms with van der Waals surface area (Å²) in [5, 5.41) is 10.9. The van der Waals surface area contributed by atoms with Crippen LogP contribution in [0.2, 0.25) is 0 Å². The second-order valence-electron chi connectivity index (χ2n) is 8.59. The van der Waals surface area contributed by atoms with Gasteiger partial charge in [-0.25, -0.2) is 4.68 Å². The Balaban J connectivity index is 1.31. The number of amides is 3. The Bertz CT molecular complexity index is 1020. The van der Waals surface area contributed by atoms with Crippen LogP contribution in [0.3, 0.4) is 0 Å². The molecular weight excluding hydrogens is 396 g/mol. The number of likely N-dealkylation sites (tertiary alicyclic amines) is 1. The number of imide groups is 1. The zero-order valence-electron chi connectivity index (χ0n) is 17.4. The molecule has 9 heteroatoms. The number of hydrogen-bond donors (Lipinski definition) is 1. The van der Waals surface area contributed by atoms with Gasteiger partial charge in [0.1, 0.15) is 6.04 Å². The summed E-state index contributed by atoms with van der Waals surface area (Å²) < 4.78 is 1.70. The largest absolute Gasteiger partial charge is 0.322 e. The van der Waals surface area contributed by atoms with Gasteiger partial charge in [-0.3, -0.25) is 24.6 Å². The number of carbonyl (C=O) groups excluding carboxylic acids is 3. The Morgan fingerprint density at radius 1 is 1.06 bits per heavy atom. The average molecular weight is 422 g/mol. The highest BCUT2D eigenvalue weighted by molar-refractivity contribution is 6.05. The van der Waals surface area contributed by atoms with Crippen LogP contribution in [0.4, 0.5) is 0 Å². The Morgan fingerprint density at radius 3 is 2.65 bits per heavy atom. The molecule has 9 nitrogen and oxygen atoms in total. The van der Waals surface area contributed by atoms with E-state index in [2.05, 4.69) is 20.5 Å². The molecule has 1 atom stereocenters. The minimum absolute atomic E-state index is 0.184. The molecule has 0 radical (unpaired) electrons. The van der Waals surface area contributed by atoms with Gasteiger partial charge in [0.25, 0.3) is 5.91 Å². The summed E-state index contributed by atoms with van der Waals surface area (Å²) in [6.07, 6.45) is 7.57. The maximum Gasteiger partial charge on any atom is 0.255 e. The van der Waals surface area contributed by atoms with E-state index in [9.17, 15) is 14.4 Å². The molecule has 1 aromatic heterocycles. The van der Waals surface area contributed by atoms with Crippen LogP contribution in [0.25, 0.3) is 5.69 Å². The number of piperidine rings is 1. The molecule has 2 aromatic rings. The summed E-state index contributed by atoms with van der Waals surface area (Å²) in [6.45, 7) is 3.35. The summed E-state index contributed by atoms with van der Waals surface area (Å²) in [7, 11) is 0. The second-order valence-corrected chi connectivity index (χ2v) is 8.59. The first-order chi connectivity index (χ1) is 15.1. The van der Waals surface area contributed by atoms with Gasteiger partial charge in [-0.15, -0.1) is 5.10 Å². The molecule has 4 heterocycles. The van der Waals surface area contributed by atoms with Crippen LogP contribution in [0.5, 0.6) is 0 Å². The summed E-state index contributed by atoms with van der Waals surface area (Å²) >= 11 is 0. The van der Waals surface area contributed by atoms with E-state index in [4.69, 9.17) is 0 Å². The Morgan fingerprint density at radius 2 is 1.87 bits per heavy atom. The van der Waals surface area contributed by atoms with Crippen LogP contribution >= 0.6 is 0 Å². The number of nitrogens with one attached hydrogen (secondary N) is 1. The highest BCUT2D eigenvalue weighted by Crippen LogP contribution is 2.29. The van der Waals surface area contributed by atoms with Gasteiger partial charge in [0.2, 0.25) is 11.8 Å². The Kier molecular flexibility index (Phi) is 5.27. The lowest BCUT2D eigenvalue weighted by Gasteiger charge is -2.29. The van der Waals surface area contributed by atoms with E-state index in [1.165, 1.54) is 25.7 Å². The van der Waals surface area contributed by atoms with E-state index in [-0.39, 0.29) is 18.2 Å². The number of fused-ring (bicyclic) bond motifs is 1. The standard InChI is InChI=1S/C22H26N6O3/c29-20-8-7-19(21(30)23-20)27-12-15-5-6-17(11-18(15)22(27)31)28-14-16(24-25-28)13-26-9-3-1-2-4-10-26/h5-6,11,14,19H,1-4,7-10,12-13H2,(H,23,29,30). The van der Waals surface area contributed by atoms with Crippen molar-refractivity contribution in [2.24, 2.45) is 0 Å². The Labute approximate surface area is 180 Å². The monoisotopic (exact) mass is 422 g/mol. The summed E-state index contributed by atoms with van der Waals surface area (Å²) in [5.41, 5.74) is 3.14. The van der Waals surface area contributed by atoms with Gasteiger partial charge in [0.15, 0.2) is 0 Å². The van der Waals surface area contributed by atoms with Crippen molar-refractivity contribution in [3.8, 4) is 5.69 Å². The van der Waals surface area contributed by atoms with E-state index >= 15 is 0 Å². The number of benzene rings is 1. The average Bonchev–Trinajstić information content (AvgIpc) is 3.24. The van der Waals surface area contributed by atoms with E-state index < -0.39 is 11.9 Å². The van der Waals surface area contributed by atoms with Gasteiger partial charge < -0.3 is 4.90 Å². The van der Waals surface area contributed by atoms with Crippen LogP contribution in [-0.2, 0) is 22.7 Å². The van der Waals surface area contributed by atoms with Crippen molar-refractivity contribution in [3.05, 3.63) is 41.2 Å². The maximum absolute atomic E-state index is 13.0. The lowest BCUT2D eigenvalue weighted by Crippen LogP contribution is -2.52. The van der Waals surface area contributed by atoms with Crippen molar-refractivity contribution < 1.29 is 14.4 Å². The smallest absolute Gasteiger partial charge is 0.255 e. The van der Waals surface area contributed by atoms with Gasteiger partial charge in [0, 0.05) is 25.1 Å². The molecule has 3 amide bonds. The first-order valence-electron chi connectivity index (χ1n) is 11.0. The van der Waals surface area contributed by atoms with E-state index in [1.54, 1.807) is 9.58 Å². The molecule has 3 aliphatic rings. The molecule has 2 saturated heterocycles. The SMILES string of the molecule is O=C1CCC(N2Cc3ccc(-n4cc(CN5CCCCCC5)nn4)cc3C2=O)C(=O)N1. The van der Waals surface area contributed by atoms with Gasteiger partial charge in [-0.2, -0.15) is 0 Å². The van der Waals surface area contributed by atoms with Gasteiger partial charge in [-0.1, -0.05) is 24.1 Å². The summed E-state index contributed by atoms with van der Waals surface area (Å²) in [4.78, 5) is 40.6. The lowest BCUT2D eigenvalue weighted by molar-refractivity contribution is -0.136. The molecule has 1 aromatic carbocycles. The van der Waals surface area contributed by atoms with Crippen molar-refractivity contribution in [3.63, 3.8) is 0 Å². The number of hydrogen-bond acceptors (Lipinski definition) is 6. The van der Waals surface area contributed by atoms with Crippen LogP contribution in [0.1, 0.15) is 60.1 Å². The fourth-order valence-corrected chi connectivity index (χ4v) is 4.71. The van der Waals surface area contributed by atoms with Crippen molar-refractivity contribution >= 4 is 17.7 Å². The topological polar surface area (TPSA) is 100 Å². The molecule has 1 unspecified atom stereocenters. The van der Waals surface area contributed by atoms with Gasteiger partial charge in [-0.05, 0) is 50.0 Å². The maximum atomic E-state index is 13.0. The van der Waals surface area contributed by atoms with Crippen molar-refractivity contribution in [2.45, 2.75) is 57.7 Å². The zero-order chi connectivity index (χ0) is 21.4. The quantitative estimate of drug-likeness (QED) is 0.748. The molecule has 0 bridgehead atoms. The number of nitrogens with zero attached hydrogens (tertiary/aromatic N) is 5. The molecule has 162 valence electrons. The minimum Gasteiger partial charge on any atom is -0.322 e. The third-order valence-corrected chi connectivity index (χ3v) is 6.40. The fraction of sp³-hybridized carbons (Fsp3) is 0.500. The predicted octanol–water partition coefficient (Wildman–Crippen LogP) is 1.40. The predicted molar refractivity (Wildman–Crippen MR) is 111 cm³/mol. The lowest BCUT2D eigenvalue weighted by atomic mass is 10.0. The third-order valence-electron chi connectivity index (χ3n) is 6.40. The van der Waals surface area contributed by atoms with Crippen molar-refractivity contribution in [2.75, 3.05) is 13.1 Å². The highest BCUT2D eigenvalue weighted by Gasteiger charge is 2.39. The van der Waals surface area contributed by atoms with Crippen LogP contribution < -0.4 is 5.32 Å². The first-order valence-corrected chi connectivity index (χ1v) is 11.0. The Hall–Kier alpha value is -3.07. The number of carbonyl (C=O) groups is 3. The summed E-state index contributed by atoms with van der Waals surface area (Å²) in [5.74, 6) is -0.863. The molecule has 1 N–H and O–H groups in total. The molecule has 3 aliphatic heterocycles. The van der Waals surface area contributed by atoms with Gasteiger partial charge >= 0.3 is 0 Å². The molecule has 0 aliphatic carbocycles. The second kappa shape index (κ2) is 8.22. The van der Waals surface area contributed by atoms with E-state index in [0.717, 1.165) is 36.6 Å². The first kappa shape index (κ1) is 19.9. The zero-order valence-corrected chi connectivity index (χ0v) is 17.4. The highest BCUT2D eigenvalue weighted by atomic mass is 16.2. The van der Waals surface area contributed by atoms with Crippen molar-refractivity contribution in [1.29, 1.82) is 0 Å². The molecule has 0 saturated carbocycles. The van der Waals surface area contributed by atoms with E-state index in [0.29, 0.717) is 18.5 Å². The summed E-state index contributed by atoms with van der Waals surface area (Å²) in [6, 6.07) is 5.04. The molecule has 31 heavy (non-hydrogen) atoms. The number of rotatable bonds is 4. The molecule has 0 spiro atoms.